The lowest BCUT2D eigenvalue weighted by Gasteiger charge is -2.25. The second-order valence-corrected chi connectivity index (χ2v) is 5.70. The van der Waals surface area contributed by atoms with E-state index in [0.29, 0.717) is 0 Å². The molecule has 0 fully saturated rings. The van der Waals surface area contributed by atoms with Gasteiger partial charge in [0.25, 0.3) is 0 Å². The number of halogens is 2. The highest BCUT2D eigenvalue weighted by Crippen LogP contribution is 2.19. The fourth-order valence-electron chi connectivity index (χ4n) is 1.69. The Morgan fingerprint density at radius 1 is 1.36 bits per heavy atom. The summed E-state index contributed by atoms with van der Waals surface area (Å²) in [5.74, 6) is -2.04. The molecule has 0 radical (unpaired) electrons. The number of ether oxygens (including phenoxy) is 1. The minimum absolute atomic E-state index is 0.184. The molecule has 5 nitrogen and oxygen atoms in total. The molecule has 124 valence electrons. The van der Waals surface area contributed by atoms with E-state index in [2.05, 4.69) is 10.6 Å². The first-order valence-corrected chi connectivity index (χ1v) is 6.89. The third-order valence-electron chi connectivity index (χ3n) is 3.34. The molecular weight excluding hydrogens is 294 g/mol. The molecule has 2 amide bonds. The molecule has 0 spiro atoms. The van der Waals surface area contributed by atoms with Crippen molar-refractivity contribution in [3.8, 4) is 0 Å². The SMILES string of the molecule is COC(C)(C)CNC(=O)NC(C)C(O)c1ccc(F)c(F)c1. The Kier molecular flexibility index (Phi) is 6.25. The molecule has 0 aliphatic carbocycles. The molecule has 7 heteroatoms. The summed E-state index contributed by atoms with van der Waals surface area (Å²) < 4.78 is 31.2. The normalized spacial score (nSPS) is 14.3. The summed E-state index contributed by atoms with van der Waals surface area (Å²) in [5.41, 5.74) is -0.330. The second kappa shape index (κ2) is 7.51. The van der Waals surface area contributed by atoms with Crippen LogP contribution >= 0.6 is 0 Å². The van der Waals surface area contributed by atoms with Gasteiger partial charge in [-0.1, -0.05) is 6.07 Å². The van der Waals surface area contributed by atoms with Gasteiger partial charge in [-0.2, -0.15) is 0 Å². The van der Waals surface area contributed by atoms with Crippen LogP contribution in [0.4, 0.5) is 13.6 Å². The first-order valence-electron chi connectivity index (χ1n) is 6.89. The number of nitrogens with one attached hydrogen (secondary N) is 2. The number of urea groups is 1. The highest BCUT2D eigenvalue weighted by atomic mass is 19.2. The largest absolute Gasteiger partial charge is 0.386 e. The van der Waals surface area contributed by atoms with Crippen LogP contribution in [0.3, 0.4) is 0 Å². The van der Waals surface area contributed by atoms with Crippen molar-refractivity contribution in [1.82, 2.24) is 10.6 Å². The fourth-order valence-corrected chi connectivity index (χ4v) is 1.69. The quantitative estimate of drug-likeness (QED) is 0.753. The van der Waals surface area contributed by atoms with Crippen molar-refractivity contribution >= 4 is 6.03 Å². The van der Waals surface area contributed by atoms with Crippen molar-refractivity contribution in [2.45, 2.75) is 38.5 Å². The molecule has 1 rings (SSSR count). The Bertz CT molecular complexity index is 524. The zero-order chi connectivity index (χ0) is 16.9. The van der Waals surface area contributed by atoms with E-state index < -0.39 is 35.4 Å². The van der Waals surface area contributed by atoms with Gasteiger partial charge in [0.2, 0.25) is 0 Å². The van der Waals surface area contributed by atoms with E-state index in [1.165, 1.54) is 13.2 Å². The Morgan fingerprint density at radius 3 is 2.55 bits per heavy atom. The number of amides is 2. The van der Waals surface area contributed by atoms with Crippen LogP contribution in [0.5, 0.6) is 0 Å². The van der Waals surface area contributed by atoms with Crippen LogP contribution in [0.15, 0.2) is 18.2 Å². The van der Waals surface area contributed by atoms with Gasteiger partial charge in [0.1, 0.15) is 0 Å². The van der Waals surface area contributed by atoms with Crippen LogP contribution in [-0.4, -0.2) is 36.4 Å². The monoisotopic (exact) mass is 316 g/mol. The van der Waals surface area contributed by atoms with Crippen molar-refractivity contribution < 1.29 is 23.4 Å². The minimum Gasteiger partial charge on any atom is -0.386 e. The molecule has 22 heavy (non-hydrogen) atoms. The average molecular weight is 316 g/mol. The summed E-state index contributed by atoms with van der Waals surface area (Å²) in [6, 6.07) is 1.94. The maximum atomic E-state index is 13.2. The molecule has 2 atom stereocenters. The minimum atomic E-state index is -1.16. The molecule has 1 aromatic rings. The van der Waals surface area contributed by atoms with Crippen molar-refractivity contribution in [3.63, 3.8) is 0 Å². The second-order valence-electron chi connectivity index (χ2n) is 5.70. The Labute approximate surface area is 128 Å². The zero-order valence-corrected chi connectivity index (χ0v) is 13.1. The van der Waals surface area contributed by atoms with Crippen LogP contribution in [0.1, 0.15) is 32.4 Å². The van der Waals surface area contributed by atoms with E-state index in [9.17, 15) is 18.7 Å². The van der Waals surface area contributed by atoms with Gasteiger partial charge < -0.3 is 20.5 Å². The predicted octanol–water partition coefficient (Wildman–Crippen LogP) is 2.11. The highest BCUT2D eigenvalue weighted by Gasteiger charge is 2.21. The smallest absolute Gasteiger partial charge is 0.315 e. The summed E-state index contributed by atoms with van der Waals surface area (Å²) in [5, 5.41) is 15.2. The molecule has 0 aliphatic heterocycles. The molecule has 0 aromatic heterocycles. The molecule has 1 aromatic carbocycles. The van der Waals surface area contributed by atoms with Gasteiger partial charge in [-0.15, -0.1) is 0 Å². The highest BCUT2D eigenvalue weighted by molar-refractivity contribution is 5.74. The van der Waals surface area contributed by atoms with Gasteiger partial charge in [0, 0.05) is 13.7 Å². The molecule has 0 aliphatic rings. The summed E-state index contributed by atoms with van der Waals surface area (Å²) in [6.07, 6.45) is -1.16. The predicted molar refractivity (Wildman–Crippen MR) is 78.4 cm³/mol. The maximum Gasteiger partial charge on any atom is 0.315 e. The zero-order valence-electron chi connectivity index (χ0n) is 13.1. The van der Waals surface area contributed by atoms with Crippen LogP contribution in [-0.2, 0) is 4.74 Å². The molecule has 0 saturated carbocycles. The van der Waals surface area contributed by atoms with E-state index >= 15 is 0 Å². The van der Waals surface area contributed by atoms with Gasteiger partial charge in [-0.05, 0) is 38.5 Å². The van der Waals surface area contributed by atoms with Gasteiger partial charge >= 0.3 is 6.03 Å². The van der Waals surface area contributed by atoms with Crippen molar-refractivity contribution in [1.29, 1.82) is 0 Å². The number of benzene rings is 1. The third-order valence-corrected chi connectivity index (χ3v) is 3.34. The lowest BCUT2D eigenvalue weighted by atomic mass is 10.0. The third kappa shape index (κ3) is 5.23. The number of carbonyl (C=O) groups excluding carboxylic acids is 1. The first kappa shape index (κ1) is 18.3. The number of hydrogen-bond acceptors (Lipinski definition) is 3. The lowest BCUT2D eigenvalue weighted by molar-refractivity contribution is 0.0251. The average Bonchev–Trinajstić information content (AvgIpc) is 2.47. The van der Waals surface area contributed by atoms with E-state index in [4.69, 9.17) is 4.74 Å². The maximum absolute atomic E-state index is 13.2. The Balaban J connectivity index is 2.58. The van der Waals surface area contributed by atoms with Crippen molar-refractivity contribution in [3.05, 3.63) is 35.4 Å². The number of methoxy groups -OCH3 is 1. The first-order chi connectivity index (χ1) is 10.2. The van der Waals surface area contributed by atoms with E-state index in [0.717, 1.165) is 12.1 Å². The van der Waals surface area contributed by atoms with Gasteiger partial charge in [0.05, 0.1) is 17.7 Å². The molecule has 0 saturated heterocycles. The molecule has 0 bridgehead atoms. The molecular formula is C15H22F2N2O3. The van der Waals surface area contributed by atoms with E-state index in [1.807, 2.05) is 13.8 Å². The standard InChI is InChI=1S/C15H22F2N2O3/c1-9(19-14(21)18-8-15(2,3)22-4)13(20)10-5-6-11(16)12(17)7-10/h5-7,9,13,20H,8H2,1-4H3,(H2,18,19,21). The summed E-state index contributed by atoms with van der Waals surface area (Å²) >= 11 is 0. The fraction of sp³-hybridized carbons (Fsp3) is 0.533. The van der Waals surface area contributed by atoms with Gasteiger partial charge in [-0.25, -0.2) is 13.6 Å². The topological polar surface area (TPSA) is 70.6 Å². The number of carbonyl (C=O) groups is 1. The van der Waals surface area contributed by atoms with Crippen LogP contribution in [0.25, 0.3) is 0 Å². The summed E-state index contributed by atoms with van der Waals surface area (Å²) in [7, 11) is 1.54. The lowest BCUT2D eigenvalue weighted by Crippen LogP contribution is -2.48. The Hall–Kier alpha value is -1.73. The van der Waals surface area contributed by atoms with E-state index in [1.54, 1.807) is 6.92 Å². The molecule has 0 heterocycles. The number of hydrogen-bond donors (Lipinski definition) is 3. The van der Waals surface area contributed by atoms with Gasteiger partial charge in [0.15, 0.2) is 11.6 Å². The number of rotatable bonds is 6. The Morgan fingerprint density at radius 2 is 2.00 bits per heavy atom. The summed E-state index contributed by atoms with van der Waals surface area (Å²) in [6.45, 7) is 5.47. The van der Waals surface area contributed by atoms with Crippen LogP contribution < -0.4 is 10.6 Å². The summed E-state index contributed by atoms with van der Waals surface area (Å²) in [4.78, 5) is 11.7. The number of aliphatic hydroxyl groups is 1. The van der Waals surface area contributed by atoms with Crippen LogP contribution in [0.2, 0.25) is 0 Å². The molecule has 3 N–H and O–H groups in total. The van der Waals surface area contributed by atoms with E-state index in [-0.39, 0.29) is 12.1 Å². The van der Waals surface area contributed by atoms with Gasteiger partial charge in [-0.3, -0.25) is 0 Å². The molecule has 2 unspecified atom stereocenters. The van der Waals surface area contributed by atoms with Crippen molar-refractivity contribution in [2.24, 2.45) is 0 Å². The van der Waals surface area contributed by atoms with Crippen molar-refractivity contribution in [2.75, 3.05) is 13.7 Å². The number of aliphatic hydroxyl groups excluding tert-OH is 1. The van der Waals surface area contributed by atoms with Crippen LogP contribution in [0, 0.1) is 11.6 Å².